The van der Waals surface area contributed by atoms with Gasteiger partial charge in [-0.1, -0.05) is 31.5 Å². The molecule has 1 aliphatic heterocycles. The van der Waals surface area contributed by atoms with Gasteiger partial charge in [0.2, 0.25) is 5.91 Å². The van der Waals surface area contributed by atoms with E-state index in [1.807, 2.05) is 35.2 Å². The first-order valence-corrected chi connectivity index (χ1v) is 8.37. The SMILES string of the molecule is CCCCN(C(=O)CCC1CCNCC1)c1ccccc1.Cl. The second-order valence-electron chi connectivity index (χ2n) is 5.97. The zero-order valence-corrected chi connectivity index (χ0v) is 14.4. The molecule has 0 aliphatic carbocycles. The minimum Gasteiger partial charge on any atom is -0.317 e. The molecule has 1 amide bonds. The molecular formula is C18H29ClN2O. The van der Waals surface area contributed by atoms with Crippen LogP contribution in [0.15, 0.2) is 30.3 Å². The molecule has 0 saturated carbocycles. The van der Waals surface area contributed by atoms with Gasteiger partial charge in [-0.3, -0.25) is 4.79 Å². The van der Waals surface area contributed by atoms with Crippen molar-refractivity contribution in [3.8, 4) is 0 Å². The van der Waals surface area contributed by atoms with E-state index < -0.39 is 0 Å². The highest BCUT2D eigenvalue weighted by Gasteiger charge is 2.18. The number of para-hydroxylation sites is 1. The van der Waals surface area contributed by atoms with Crippen molar-refractivity contribution in [1.29, 1.82) is 0 Å². The molecule has 1 aromatic rings. The lowest BCUT2D eigenvalue weighted by Crippen LogP contribution is -2.33. The molecule has 0 aromatic heterocycles. The van der Waals surface area contributed by atoms with Gasteiger partial charge in [-0.05, 0) is 56.8 Å². The van der Waals surface area contributed by atoms with E-state index in [1.165, 1.54) is 12.8 Å². The Morgan fingerprint density at radius 1 is 1.23 bits per heavy atom. The molecule has 1 aliphatic rings. The molecule has 0 radical (unpaired) electrons. The van der Waals surface area contributed by atoms with Crippen molar-refractivity contribution in [2.75, 3.05) is 24.5 Å². The van der Waals surface area contributed by atoms with Gasteiger partial charge in [-0.15, -0.1) is 12.4 Å². The van der Waals surface area contributed by atoms with E-state index in [2.05, 4.69) is 12.2 Å². The first-order chi connectivity index (χ1) is 10.3. The van der Waals surface area contributed by atoms with Crippen LogP contribution in [0.1, 0.15) is 45.4 Å². The molecule has 1 heterocycles. The Labute approximate surface area is 140 Å². The summed E-state index contributed by atoms with van der Waals surface area (Å²) in [5.74, 6) is 1.01. The number of nitrogens with zero attached hydrogens (tertiary/aromatic N) is 1. The number of rotatable bonds is 7. The summed E-state index contributed by atoms with van der Waals surface area (Å²) in [6.45, 7) is 5.22. The predicted molar refractivity (Wildman–Crippen MR) is 95.8 cm³/mol. The Hall–Kier alpha value is -1.06. The molecule has 0 unspecified atom stereocenters. The minimum atomic E-state index is 0. The van der Waals surface area contributed by atoms with Crippen molar-refractivity contribution >= 4 is 24.0 Å². The molecule has 22 heavy (non-hydrogen) atoms. The standard InChI is InChI=1S/C18H28N2O.ClH/c1-2-3-15-20(17-7-5-4-6-8-17)18(21)10-9-16-11-13-19-14-12-16;/h4-8,16,19H,2-3,9-15H2,1H3;1H. The van der Waals surface area contributed by atoms with Gasteiger partial charge < -0.3 is 10.2 Å². The summed E-state index contributed by atoms with van der Waals surface area (Å²) < 4.78 is 0. The molecule has 124 valence electrons. The Morgan fingerprint density at radius 3 is 2.55 bits per heavy atom. The molecule has 0 spiro atoms. The Bertz CT molecular complexity index is 418. The summed E-state index contributed by atoms with van der Waals surface area (Å²) >= 11 is 0. The van der Waals surface area contributed by atoms with Crippen LogP contribution in [-0.2, 0) is 4.79 Å². The third-order valence-electron chi connectivity index (χ3n) is 4.33. The van der Waals surface area contributed by atoms with E-state index in [0.29, 0.717) is 6.42 Å². The van der Waals surface area contributed by atoms with E-state index >= 15 is 0 Å². The van der Waals surface area contributed by atoms with Gasteiger partial charge in [0.25, 0.3) is 0 Å². The number of nitrogens with one attached hydrogen (secondary N) is 1. The van der Waals surface area contributed by atoms with Crippen LogP contribution < -0.4 is 10.2 Å². The molecule has 1 aromatic carbocycles. The molecule has 0 atom stereocenters. The second-order valence-corrected chi connectivity index (χ2v) is 5.97. The predicted octanol–water partition coefficient (Wildman–Crippen LogP) is 4.02. The second kappa shape index (κ2) is 10.6. The van der Waals surface area contributed by atoms with E-state index in [-0.39, 0.29) is 18.3 Å². The Morgan fingerprint density at radius 2 is 1.91 bits per heavy atom. The molecule has 0 bridgehead atoms. The van der Waals surface area contributed by atoms with Gasteiger partial charge >= 0.3 is 0 Å². The fraction of sp³-hybridized carbons (Fsp3) is 0.611. The number of halogens is 1. The highest BCUT2D eigenvalue weighted by molar-refractivity contribution is 5.93. The maximum atomic E-state index is 12.6. The van der Waals surface area contributed by atoms with Gasteiger partial charge in [0.1, 0.15) is 0 Å². The zero-order chi connectivity index (χ0) is 14.9. The molecule has 3 nitrogen and oxygen atoms in total. The lowest BCUT2D eigenvalue weighted by molar-refractivity contribution is -0.119. The van der Waals surface area contributed by atoms with Crippen molar-refractivity contribution in [3.05, 3.63) is 30.3 Å². The number of hydrogen-bond donors (Lipinski definition) is 1. The number of carbonyl (C=O) groups excluding carboxylic acids is 1. The maximum absolute atomic E-state index is 12.6. The topological polar surface area (TPSA) is 32.3 Å². The number of carbonyl (C=O) groups is 1. The molecule has 1 saturated heterocycles. The van der Waals surface area contributed by atoms with Gasteiger partial charge in [0.15, 0.2) is 0 Å². The van der Waals surface area contributed by atoms with Gasteiger partial charge in [-0.25, -0.2) is 0 Å². The quantitative estimate of drug-likeness (QED) is 0.821. The van der Waals surface area contributed by atoms with E-state index in [1.54, 1.807) is 0 Å². The third-order valence-corrected chi connectivity index (χ3v) is 4.33. The highest BCUT2D eigenvalue weighted by atomic mass is 35.5. The maximum Gasteiger partial charge on any atom is 0.226 e. The smallest absolute Gasteiger partial charge is 0.226 e. The summed E-state index contributed by atoms with van der Waals surface area (Å²) in [6.07, 6.45) is 6.33. The summed E-state index contributed by atoms with van der Waals surface area (Å²) in [5.41, 5.74) is 1.04. The summed E-state index contributed by atoms with van der Waals surface area (Å²) in [5, 5.41) is 3.38. The van der Waals surface area contributed by atoms with Crippen molar-refractivity contribution in [1.82, 2.24) is 5.32 Å². The van der Waals surface area contributed by atoms with Gasteiger partial charge in [0, 0.05) is 18.7 Å². The fourth-order valence-corrected chi connectivity index (χ4v) is 2.95. The average molecular weight is 325 g/mol. The molecule has 4 heteroatoms. The number of anilines is 1. The first kappa shape index (κ1) is 19.0. The average Bonchev–Trinajstić information content (AvgIpc) is 2.55. The van der Waals surface area contributed by atoms with E-state index in [9.17, 15) is 4.79 Å². The van der Waals surface area contributed by atoms with Crippen LogP contribution >= 0.6 is 12.4 Å². The normalized spacial score (nSPS) is 15.1. The van der Waals surface area contributed by atoms with E-state index in [0.717, 1.165) is 50.5 Å². The molecule has 1 N–H and O–H groups in total. The van der Waals surface area contributed by atoms with Crippen molar-refractivity contribution in [3.63, 3.8) is 0 Å². The van der Waals surface area contributed by atoms with Crippen molar-refractivity contribution < 1.29 is 4.79 Å². The summed E-state index contributed by atoms with van der Waals surface area (Å²) in [4.78, 5) is 14.6. The monoisotopic (exact) mass is 324 g/mol. The lowest BCUT2D eigenvalue weighted by Gasteiger charge is -2.26. The number of unbranched alkanes of at least 4 members (excludes halogenated alkanes) is 1. The molecule has 1 fully saturated rings. The van der Waals surface area contributed by atoms with Crippen LogP contribution in [0.2, 0.25) is 0 Å². The van der Waals surface area contributed by atoms with Crippen LogP contribution in [0.5, 0.6) is 0 Å². The highest BCUT2D eigenvalue weighted by Crippen LogP contribution is 2.21. The van der Waals surface area contributed by atoms with Crippen molar-refractivity contribution in [2.24, 2.45) is 5.92 Å². The largest absolute Gasteiger partial charge is 0.317 e. The van der Waals surface area contributed by atoms with Crippen LogP contribution in [0.4, 0.5) is 5.69 Å². The summed E-state index contributed by atoms with van der Waals surface area (Å²) in [6, 6.07) is 10.1. The number of amides is 1. The molecule has 2 rings (SSSR count). The number of benzene rings is 1. The van der Waals surface area contributed by atoms with Crippen LogP contribution in [-0.4, -0.2) is 25.5 Å². The molecular weight excluding hydrogens is 296 g/mol. The minimum absolute atomic E-state index is 0. The van der Waals surface area contributed by atoms with Crippen LogP contribution in [0.25, 0.3) is 0 Å². The zero-order valence-electron chi connectivity index (χ0n) is 13.6. The van der Waals surface area contributed by atoms with E-state index in [4.69, 9.17) is 0 Å². The van der Waals surface area contributed by atoms with Crippen LogP contribution in [0.3, 0.4) is 0 Å². The lowest BCUT2D eigenvalue weighted by atomic mass is 9.93. The first-order valence-electron chi connectivity index (χ1n) is 8.37. The van der Waals surface area contributed by atoms with Crippen molar-refractivity contribution in [2.45, 2.75) is 45.4 Å². The fourth-order valence-electron chi connectivity index (χ4n) is 2.95. The Balaban J connectivity index is 0.00000242. The third kappa shape index (κ3) is 5.98. The Kier molecular flexibility index (Phi) is 9.17. The van der Waals surface area contributed by atoms with Gasteiger partial charge in [-0.2, -0.15) is 0 Å². The summed E-state index contributed by atoms with van der Waals surface area (Å²) in [7, 11) is 0. The van der Waals surface area contributed by atoms with Crippen LogP contribution in [0, 0.1) is 5.92 Å². The number of piperidine rings is 1. The number of hydrogen-bond acceptors (Lipinski definition) is 2. The van der Waals surface area contributed by atoms with Gasteiger partial charge in [0.05, 0.1) is 0 Å².